The molecule has 0 atom stereocenters. The van der Waals surface area contributed by atoms with Crippen molar-refractivity contribution in [2.24, 2.45) is 0 Å². The van der Waals surface area contributed by atoms with Crippen LogP contribution in [0.25, 0.3) is 0 Å². The van der Waals surface area contributed by atoms with Crippen LogP contribution in [0, 0.1) is 0 Å². The maximum atomic E-state index is 5.40. The zero-order valence-electron chi connectivity index (χ0n) is 9.06. The van der Waals surface area contributed by atoms with Gasteiger partial charge in [-0.05, 0) is 42.0 Å². The lowest BCUT2D eigenvalue weighted by Gasteiger charge is -1.91. The topological polar surface area (TPSA) is 77.6 Å². The molecule has 0 aliphatic heterocycles. The van der Waals surface area contributed by atoms with E-state index >= 15 is 0 Å². The van der Waals surface area contributed by atoms with Crippen molar-refractivity contribution in [2.75, 3.05) is 11.5 Å². The fourth-order valence-corrected chi connectivity index (χ4v) is 1.01. The van der Waals surface area contributed by atoms with E-state index in [2.05, 4.69) is 6.58 Å². The monoisotopic (exact) mass is 214 g/mol. The lowest BCUT2D eigenvalue weighted by molar-refractivity contribution is -0.110. The maximum absolute atomic E-state index is 5.40. The van der Waals surface area contributed by atoms with Crippen LogP contribution >= 0.6 is 0 Å². The van der Waals surface area contributed by atoms with Crippen LogP contribution in [-0.2, 0) is 0 Å². The number of anilines is 2. The first kappa shape index (κ1) is 11.8. The van der Waals surface area contributed by atoms with Gasteiger partial charge in [0.1, 0.15) is 0 Å². The highest BCUT2D eigenvalue weighted by Gasteiger charge is 1.94. The Labute approximate surface area is 95.3 Å². The molecule has 0 fully saturated rings. The normalized spacial score (nSPS) is 13.2. The zero-order chi connectivity index (χ0) is 12.0. The van der Waals surface area contributed by atoms with Crippen molar-refractivity contribution in [1.29, 1.82) is 0 Å². The predicted octanol–water partition coefficient (Wildman–Crippen LogP) is 0.720. The van der Waals surface area contributed by atoms with Gasteiger partial charge in [-0.1, -0.05) is 6.58 Å². The molecule has 1 aliphatic rings. The van der Waals surface area contributed by atoms with Gasteiger partial charge in [0.05, 0.1) is 0 Å². The Bertz CT molecular complexity index is 380. The summed E-state index contributed by atoms with van der Waals surface area (Å²) in [5, 5.41) is 5.40. The molecule has 1 aliphatic carbocycles. The standard InChI is InChI=1S/C7H7N.C6H8N2/c1-6-2-4-7(8)5-3-6;7-5-1-2-6(8)4-3-5/h2-5,8H,1H2;1-4H,7-8H2/p+1. The summed E-state index contributed by atoms with van der Waals surface area (Å²) in [7, 11) is 0. The Balaban J connectivity index is 0.000000160. The molecule has 0 amide bonds. The van der Waals surface area contributed by atoms with Crippen LogP contribution in [0.1, 0.15) is 0 Å². The molecular weight excluding hydrogens is 198 g/mol. The summed E-state index contributed by atoms with van der Waals surface area (Å²) in [6, 6.07) is 7.09. The summed E-state index contributed by atoms with van der Waals surface area (Å²) in [4.78, 5) is 0. The minimum atomic E-state index is 0.749. The lowest BCUT2D eigenvalue weighted by Crippen LogP contribution is -2.37. The van der Waals surface area contributed by atoms with Crippen molar-refractivity contribution >= 4 is 17.1 Å². The molecule has 0 aromatic heterocycles. The second-order valence-corrected chi connectivity index (χ2v) is 3.41. The van der Waals surface area contributed by atoms with Gasteiger partial charge >= 0.3 is 0 Å². The van der Waals surface area contributed by atoms with Gasteiger partial charge in [-0.2, -0.15) is 0 Å². The van der Waals surface area contributed by atoms with Crippen molar-refractivity contribution in [3.05, 3.63) is 60.7 Å². The molecule has 6 N–H and O–H groups in total. The van der Waals surface area contributed by atoms with Crippen molar-refractivity contribution in [3.63, 3.8) is 0 Å². The Morgan fingerprint density at radius 1 is 0.812 bits per heavy atom. The maximum Gasteiger partial charge on any atom is 0.196 e. The summed E-state index contributed by atoms with van der Waals surface area (Å²) in [6.45, 7) is 3.71. The number of nitrogens with two attached hydrogens (primary N) is 3. The summed E-state index contributed by atoms with van der Waals surface area (Å²) >= 11 is 0. The predicted molar refractivity (Wildman–Crippen MR) is 69.6 cm³/mol. The van der Waals surface area contributed by atoms with Crippen LogP contribution in [0.4, 0.5) is 11.4 Å². The zero-order valence-corrected chi connectivity index (χ0v) is 9.06. The molecule has 0 spiro atoms. The second-order valence-electron chi connectivity index (χ2n) is 3.41. The largest absolute Gasteiger partial charge is 0.399 e. The third-order valence-corrected chi connectivity index (χ3v) is 1.92. The third-order valence-electron chi connectivity index (χ3n) is 1.92. The van der Waals surface area contributed by atoms with Crippen LogP contribution in [0.15, 0.2) is 60.7 Å². The van der Waals surface area contributed by atoms with Crippen LogP contribution in [-0.4, -0.2) is 5.71 Å². The van der Waals surface area contributed by atoms with Crippen molar-refractivity contribution in [3.8, 4) is 0 Å². The molecule has 0 heterocycles. The molecule has 1 aromatic rings. The fraction of sp³-hybridized carbons (Fsp3) is 0. The molecular formula is C13H16N3+. The van der Waals surface area contributed by atoms with Gasteiger partial charge in [0.15, 0.2) is 5.71 Å². The molecule has 0 radical (unpaired) electrons. The van der Waals surface area contributed by atoms with Gasteiger partial charge in [-0.3, -0.25) is 5.41 Å². The van der Waals surface area contributed by atoms with E-state index in [0.717, 1.165) is 22.7 Å². The molecule has 1 aromatic carbocycles. The smallest absolute Gasteiger partial charge is 0.196 e. The van der Waals surface area contributed by atoms with E-state index in [1.807, 2.05) is 24.3 Å². The van der Waals surface area contributed by atoms with E-state index in [0.29, 0.717) is 0 Å². The second kappa shape index (κ2) is 5.56. The first-order valence-electron chi connectivity index (χ1n) is 4.86. The molecule has 16 heavy (non-hydrogen) atoms. The van der Waals surface area contributed by atoms with E-state index in [1.165, 1.54) is 0 Å². The van der Waals surface area contributed by atoms with Crippen LogP contribution < -0.4 is 16.9 Å². The summed E-state index contributed by atoms with van der Waals surface area (Å²) in [5.74, 6) is 0. The van der Waals surface area contributed by atoms with Gasteiger partial charge < -0.3 is 11.5 Å². The van der Waals surface area contributed by atoms with E-state index < -0.39 is 0 Å². The van der Waals surface area contributed by atoms with Crippen molar-refractivity contribution in [1.82, 2.24) is 0 Å². The third kappa shape index (κ3) is 4.28. The van der Waals surface area contributed by atoms with E-state index in [1.54, 1.807) is 24.3 Å². The number of hydrogen-bond donors (Lipinski definition) is 3. The highest BCUT2D eigenvalue weighted by atomic mass is 14.6. The quantitative estimate of drug-likeness (QED) is 0.556. The fourth-order valence-electron chi connectivity index (χ4n) is 1.01. The highest BCUT2D eigenvalue weighted by molar-refractivity contribution is 6.01. The molecule has 0 saturated carbocycles. The minimum absolute atomic E-state index is 0.749. The molecule has 3 nitrogen and oxygen atoms in total. The first-order chi connectivity index (χ1) is 7.58. The Morgan fingerprint density at radius 3 is 1.50 bits per heavy atom. The minimum Gasteiger partial charge on any atom is -0.399 e. The first-order valence-corrected chi connectivity index (χ1v) is 4.86. The van der Waals surface area contributed by atoms with Crippen molar-refractivity contribution in [2.45, 2.75) is 0 Å². The SMILES string of the molecule is C=C1C=CC(=[NH2+])C=C1.Nc1ccc(N)cc1. The van der Waals surface area contributed by atoms with E-state index in [4.69, 9.17) is 16.9 Å². The van der Waals surface area contributed by atoms with Crippen LogP contribution in [0.5, 0.6) is 0 Å². The van der Waals surface area contributed by atoms with Gasteiger partial charge in [0.2, 0.25) is 0 Å². The molecule has 0 saturated heterocycles. The Kier molecular flexibility index (Phi) is 4.09. The van der Waals surface area contributed by atoms with Crippen LogP contribution in [0.2, 0.25) is 0 Å². The van der Waals surface area contributed by atoms with Gasteiger partial charge in [0.25, 0.3) is 0 Å². The highest BCUT2D eigenvalue weighted by Crippen LogP contribution is 2.04. The average Bonchev–Trinajstić information content (AvgIpc) is 2.28. The van der Waals surface area contributed by atoms with E-state index in [-0.39, 0.29) is 0 Å². The summed E-state index contributed by atoms with van der Waals surface area (Å²) < 4.78 is 0. The van der Waals surface area contributed by atoms with Crippen molar-refractivity contribution < 1.29 is 5.41 Å². The van der Waals surface area contributed by atoms with Gasteiger partial charge in [0, 0.05) is 23.5 Å². The molecule has 0 unspecified atom stereocenters. The van der Waals surface area contributed by atoms with Gasteiger partial charge in [-0.15, -0.1) is 0 Å². The van der Waals surface area contributed by atoms with E-state index in [9.17, 15) is 0 Å². The van der Waals surface area contributed by atoms with Gasteiger partial charge in [-0.25, -0.2) is 0 Å². The summed E-state index contributed by atoms with van der Waals surface area (Å²) in [6.07, 6.45) is 7.44. The molecule has 2 rings (SSSR count). The number of rotatable bonds is 0. The Morgan fingerprint density at radius 2 is 1.19 bits per heavy atom. The lowest BCUT2D eigenvalue weighted by atomic mass is 10.1. The molecule has 82 valence electrons. The number of allylic oxidation sites excluding steroid dienone is 5. The summed E-state index contributed by atoms with van der Waals surface area (Å²) in [5.41, 5.74) is 14.0. The number of benzene rings is 1. The number of hydrogen-bond acceptors (Lipinski definition) is 2. The molecule has 3 heteroatoms. The average molecular weight is 214 g/mol. The Hall–Kier alpha value is -2.29. The molecule has 0 bridgehead atoms. The van der Waals surface area contributed by atoms with Crippen LogP contribution in [0.3, 0.4) is 0 Å². The number of nitrogen functional groups attached to an aromatic ring is 2.